The third-order valence-electron chi connectivity index (χ3n) is 4.66. The van der Waals surface area contributed by atoms with Crippen LogP contribution in [0.4, 0.5) is 5.69 Å². The molecule has 0 aliphatic carbocycles. The van der Waals surface area contributed by atoms with Gasteiger partial charge in [-0.2, -0.15) is 0 Å². The number of rotatable bonds is 6. The predicted octanol–water partition coefficient (Wildman–Crippen LogP) is 2.36. The zero-order valence-corrected chi connectivity index (χ0v) is 16.5. The van der Waals surface area contributed by atoms with Gasteiger partial charge in [0.1, 0.15) is 12.1 Å². The van der Waals surface area contributed by atoms with Gasteiger partial charge in [-0.05, 0) is 29.8 Å². The number of anilines is 1. The Bertz CT molecular complexity index is 1300. The van der Waals surface area contributed by atoms with E-state index in [0.717, 1.165) is 10.2 Å². The van der Waals surface area contributed by atoms with Crippen molar-refractivity contribution in [2.75, 3.05) is 5.32 Å². The number of nitrogens with zero attached hydrogens (tertiary/aromatic N) is 3. The highest BCUT2D eigenvalue weighted by molar-refractivity contribution is 6.03. The van der Waals surface area contributed by atoms with Crippen LogP contribution in [0.25, 0.3) is 10.9 Å². The molecule has 0 radical (unpaired) electrons. The van der Waals surface area contributed by atoms with Crippen molar-refractivity contribution in [1.29, 1.82) is 0 Å². The molecule has 31 heavy (non-hydrogen) atoms. The van der Waals surface area contributed by atoms with Crippen LogP contribution >= 0.6 is 0 Å². The molecular weight excluding hydrogens is 394 g/mol. The molecule has 0 bridgehead atoms. The number of amides is 2. The van der Waals surface area contributed by atoms with Crippen LogP contribution in [0.15, 0.2) is 83.7 Å². The van der Waals surface area contributed by atoms with E-state index in [1.165, 1.54) is 0 Å². The number of aromatic nitrogens is 3. The van der Waals surface area contributed by atoms with Crippen molar-refractivity contribution in [2.45, 2.75) is 13.1 Å². The molecule has 1 heterocycles. The second-order valence-corrected chi connectivity index (χ2v) is 6.83. The molecule has 4 rings (SSSR count). The lowest BCUT2D eigenvalue weighted by molar-refractivity contribution is -0.117. The third-order valence-corrected chi connectivity index (χ3v) is 4.66. The SMILES string of the molecule is O=C(Cn1nnc2ccccc2c1=O)Nc1ccccc1C(=O)NCc1ccccc1. The first-order chi connectivity index (χ1) is 15.1. The fourth-order valence-electron chi connectivity index (χ4n) is 3.12. The summed E-state index contributed by atoms with van der Waals surface area (Å²) in [7, 11) is 0. The molecule has 2 N–H and O–H groups in total. The van der Waals surface area contributed by atoms with Gasteiger partial charge >= 0.3 is 0 Å². The van der Waals surface area contributed by atoms with Crippen molar-refractivity contribution >= 4 is 28.4 Å². The highest BCUT2D eigenvalue weighted by Crippen LogP contribution is 2.15. The van der Waals surface area contributed by atoms with Crippen molar-refractivity contribution in [1.82, 2.24) is 20.3 Å². The largest absolute Gasteiger partial charge is 0.348 e. The molecule has 0 saturated carbocycles. The topological polar surface area (TPSA) is 106 Å². The first kappa shape index (κ1) is 20.0. The van der Waals surface area contributed by atoms with E-state index in [-0.39, 0.29) is 12.5 Å². The van der Waals surface area contributed by atoms with Crippen LogP contribution in [0, 0.1) is 0 Å². The van der Waals surface area contributed by atoms with E-state index in [1.807, 2.05) is 30.3 Å². The molecule has 0 aliphatic rings. The number of fused-ring (bicyclic) bond motifs is 1. The average Bonchev–Trinajstić information content (AvgIpc) is 2.80. The molecule has 0 aliphatic heterocycles. The van der Waals surface area contributed by atoms with E-state index in [4.69, 9.17) is 0 Å². The molecule has 0 unspecified atom stereocenters. The Labute approximate surface area is 177 Å². The summed E-state index contributed by atoms with van der Waals surface area (Å²) in [6, 6.07) is 23.0. The number of hydrogen-bond acceptors (Lipinski definition) is 5. The van der Waals surface area contributed by atoms with Gasteiger partial charge in [-0.1, -0.05) is 59.8 Å². The summed E-state index contributed by atoms with van der Waals surface area (Å²) in [4.78, 5) is 37.7. The molecule has 8 heteroatoms. The van der Waals surface area contributed by atoms with Crippen molar-refractivity contribution in [3.63, 3.8) is 0 Å². The summed E-state index contributed by atoms with van der Waals surface area (Å²) >= 11 is 0. The van der Waals surface area contributed by atoms with E-state index < -0.39 is 11.5 Å². The monoisotopic (exact) mass is 413 g/mol. The first-order valence-corrected chi connectivity index (χ1v) is 9.65. The summed E-state index contributed by atoms with van der Waals surface area (Å²) in [6.45, 7) is 0.0423. The minimum Gasteiger partial charge on any atom is -0.348 e. The van der Waals surface area contributed by atoms with Gasteiger partial charge < -0.3 is 10.6 Å². The van der Waals surface area contributed by atoms with Gasteiger partial charge in [-0.25, -0.2) is 4.68 Å². The van der Waals surface area contributed by atoms with Gasteiger partial charge in [0.15, 0.2) is 0 Å². The maximum Gasteiger partial charge on any atom is 0.278 e. The highest BCUT2D eigenvalue weighted by atomic mass is 16.2. The molecule has 0 atom stereocenters. The zero-order valence-electron chi connectivity index (χ0n) is 16.5. The fraction of sp³-hybridized carbons (Fsp3) is 0.0870. The van der Waals surface area contributed by atoms with E-state index in [2.05, 4.69) is 20.9 Å². The number of carbonyl (C=O) groups excluding carboxylic acids is 2. The average molecular weight is 413 g/mol. The standard InChI is InChI=1S/C23H19N5O3/c29-21(15-28-23(31)18-11-5-7-13-20(18)26-27-28)25-19-12-6-4-10-17(19)22(30)24-14-16-8-2-1-3-9-16/h1-13H,14-15H2,(H,24,30)(H,25,29). The quantitative estimate of drug-likeness (QED) is 0.505. The van der Waals surface area contributed by atoms with Gasteiger partial charge in [0, 0.05) is 6.54 Å². The molecule has 154 valence electrons. The second-order valence-electron chi connectivity index (χ2n) is 6.83. The van der Waals surface area contributed by atoms with Gasteiger partial charge in [-0.3, -0.25) is 14.4 Å². The van der Waals surface area contributed by atoms with Crippen LogP contribution < -0.4 is 16.2 Å². The predicted molar refractivity (Wildman–Crippen MR) is 116 cm³/mol. The smallest absolute Gasteiger partial charge is 0.278 e. The van der Waals surface area contributed by atoms with Crippen molar-refractivity contribution in [2.24, 2.45) is 0 Å². The van der Waals surface area contributed by atoms with Gasteiger partial charge in [0.05, 0.1) is 16.6 Å². The lowest BCUT2D eigenvalue weighted by atomic mass is 10.1. The molecule has 0 saturated heterocycles. The van der Waals surface area contributed by atoms with Crippen LogP contribution in [0.1, 0.15) is 15.9 Å². The van der Waals surface area contributed by atoms with Crippen LogP contribution in [0.3, 0.4) is 0 Å². The lowest BCUT2D eigenvalue weighted by Crippen LogP contribution is -2.31. The number of benzene rings is 3. The van der Waals surface area contributed by atoms with Gasteiger partial charge in [0.25, 0.3) is 11.5 Å². The molecule has 3 aromatic carbocycles. The summed E-state index contributed by atoms with van der Waals surface area (Å²) in [5.41, 5.74) is 1.69. The molecule has 1 aromatic heterocycles. The Kier molecular flexibility index (Phi) is 5.79. The minimum atomic E-state index is -0.491. The number of nitrogens with one attached hydrogen (secondary N) is 2. The van der Waals surface area contributed by atoms with E-state index >= 15 is 0 Å². The first-order valence-electron chi connectivity index (χ1n) is 9.65. The zero-order chi connectivity index (χ0) is 21.6. The maximum atomic E-state index is 12.6. The highest BCUT2D eigenvalue weighted by Gasteiger charge is 2.15. The minimum absolute atomic E-state index is 0.317. The lowest BCUT2D eigenvalue weighted by Gasteiger charge is -2.12. The number of para-hydroxylation sites is 1. The third kappa shape index (κ3) is 4.64. The maximum absolute atomic E-state index is 12.6. The van der Waals surface area contributed by atoms with Crippen molar-refractivity contribution in [3.8, 4) is 0 Å². The fourth-order valence-corrected chi connectivity index (χ4v) is 3.12. The Hall–Kier alpha value is -4.33. The molecule has 0 spiro atoms. The number of hydrogen-bond donors (Lipinski definition) is 2. The Morgan fingerprint density at radius 2 is 1.58 bits per heavy atom. The molecular formula is C23H19N5O3. The van der Waals surface area contributed by atoms with E-state index in [9.17, 15) is 14.4 Å². The number of carbonyl (C=O) groups is 2. The second kappa shape index (κ2) is 9.00. The normalized spacial score (nSPS) is 10.6. The van der Waals surface area contributed by atoms with E-state index in [0.29, 0.717) is 28.7 Å². The summed E-state index contributed by atoms with van der Waals surface area (Å²) < 4.78 is 0.996. The Balaban J connectivity index is 1.47. The molecule has 0 fully saturated rings. The van der Waals surface area contributed by atoms with Crippen LogP contribution in [0.2, 0.25) is 0 Å². The van der Waals surface area contributed by atoms with Gasteiger partial charge in [0.2, 0.25) is 5.91 Å². The molecule has 2 amide bonds. The van der Waals surface area contributed by atoms with E-state index in [1.54, 1.807) is 48.5 Å². The molecule has 4 aromatic rings. The van der Waals surface area contributed by atoms with Gasteiger partial charge in [-0.15, -0.1) is 5.10 Å². The van der Waals surface area contributed by atoms with Crippen LogP contribution in [0.5, 0.6) is 0 Å². The van der Waals surface area contributed by atoms with Crippen LogP contribution in [-0.2, 0) is 17.9 Å². The summed E-state index contributed by atoms with van der Waals surface area (Å²) in [5, 5.41) is 13.7. The Morgan fingerprint density at radius 1 is 0.871 bits per heavy atom. The summed E-state index contributed by atoms with van der Waals surface area (Å²) in [6.07, 6.45) is 0. The Morgan fingerprint density at radius 3 is 2.42 bits per heavy atom. The molecule has 8 nitrogen and oxygen atoms in total. The van der Waals surface area contributed by atoms with Crippen LogP contribution in [-0.4, -0.2) is 26.8 Å². The van der Waals surface area contributed by atoms with Crippen molar-refractivity contribution < 1.29 is 9.59 Å². The van der Waals surface area contributed by atoms with Crippen molar-refractivity contribution in [3.05, 3.63) is 100 Å². The summed E-state index contributed by atoms with van der Waals surface area (Å²) in [5.74, 6) is -0.808.